The molecule has 4 rings (SSSR count). The molecule has 0 bridgehead atoms. The summed E-state index contributed by atoms with van der Waals surface area (Å²) in [7, 11) is 0. The molecule has 30 heavy (non-hydrogen) atoms. The minimum atomic E-state index is -0.505. The fourth-order valence-corrected chi connectivity index (χ4v) is 4.02. The molecule has 0 atom stereocenters. The quantitative estimate of drug-likeness (QED) is 0.535. The number of hydrazone groups is 1. The van der Waals surface area contributed by atoms with Crippen LogP contribution in [-0.4, -0.2) is 33.6 Å². The lowest BCUT2D eigenvalue weighted by Crippen LogP contribution is -2.35. The van der Waals surface area contributed by atoms with E-state index in [0.717, 1.165) is 11.1 Å². The van der Waals surface area contributed by atoms with E-state index in [1.807, 2.05) is 31.2 Å². The second-order valence-electron chi connectivity index (χ2n) is 6.58. The van der Waals surface area contributed by atoms with Gasteiger partial charge in [-0.05, 0) is 49.0 Å². The summed E-state index contributed by atoms with van der Waals surface area (Å²) in [6.07, 6.45) is 3.18. The predicted molar refractivity (Wildman–Crippen MR) is 122 cm³/mol. The molecule has 1 N–H and O–H groups in total. The van der Waals surface area contributed by atoms with Crippen molar-refractivity contribution < 1.29 is 9.53 Å². The number of ether oxygens (including phenoxy) is 1. The van der Waals surface area contributed by atoms with E-state index in [2.05, 4.69) is 16.7 Å². The number of aryl methyl sites for hydroxylation is 1. The van der Waals surface area contributed by atoms with Crippen LogP contribution in [0.1, 0.15) is 16.7 Å². The smallest absolute Gasteiger partial charge is 0.283 e. The van der Waals surface area contributed by atoms with Gasteiger partial charge in [0, 0.05) is 16.1 Å². The van der Waals surface area contributed by atoms with Gasteiger partial charge in [-0.25, -0.2) is 0 Å². The molecule has 2 aliphatic rings. The van der Waals surface area contributed by atoms with E-state index >= 15 is 0 Å². The van der Waals surface area contributed by atoms with Gasteiger partial charge in [-0.15, -0.1) is 0 Å². The van der Waals surface area contributed by atoms with Crippen LogP contribution < -0.4 is 4.74 Å². The van der Waals surface area contributed by atoms with E-state index < -0.39 is 5.91 Å². The maximum Gasteiger partial charge on any atom is 0.283 e. The molecule has 0 saturated carbocycles. The molecule has 0 radical (unpaired) electrons. The lowest BCUT2D eigenvalue weighted by Gasteiger charge is -2.20. The minimum Gasteiger partial charge on any atom is -0.489 e. The molecule has 2 aromatic rings. The summed E-state index contributed by atoms with van der Waals surface area (Å²) < 4.78 is 5.64. The first-order valence-electron chi connectivity index (χ1n) is 9.07. The van der Waals surface area contributed by atoms with Crippen molar-refractivity contribution in [3.05, 3.63) is 82.4 Å². The topological polar surface area (TPSA) is 78.1 Å². The van der Waals surface area contributed by atoms with E-state index in [1.54, 1.807) is 30.4 Å². The Morgan fingerprint density at radius 2 is 2.13 bits per heavy atom. The maximum absolute atomic E-state index is 12.7. The zero-order chi connectivity index (χ0) is 21.3. The second kappa shape index (κ2) is 8.30. The fraction of sp³-hybridized carbons (Fsp3) is 0.0909. The van der Waals surface area contributed by atoms with E-state index in [4.69, 9.17) is 21.7 Å². The molecule has 150 valence electrons. The molecule has 6 nitrogen and oxygen atoms in total. The average molecular weight is 437 g/mol. The molecule has 2 aliphatic heterocycles. The largest absolute Gasteiger partial charge is 0.489 e. The van der Waals surface area contributed by atoms with Crippen molar-refractivity contribution in [2.45, 2.75) is 6.92 Å². The van der Waals surface area contributed by atoms with Crippen LogP contribution in [0.4, 0.5) is 0 Å². The monoisotopic (exact) mass is 436 g/mol. The summed E-state index contributed by atoms with van der Waals surface area (Å²) in [6.45, 7) is 5.94. The summed E-state index contributed by atoms with van der Waals surface area (Å²) in [5.74, 6) is -0.0224. The van der Waals surface area contributed by atoms with Gasteiger partial charge < -0.3 is 4.74 Å². The highest BCUT2D eigenvalue weighted by Crippen LogP contribution is 2.32. The average Bonchev–Trinajstić information content (AvgIpc) is 3.15. The number of amidine groups is 2. The standard InChI is InChI=1S/C22H17ClN4O2S/c1-3-9-29-18-8-7-16(23)11-15(18)12-17-19(24)27-22(25-20(17)28)30-21(26-27)14-6-4-5-13(2)10-14/h3-8,10-12,24H,1,9H2,2H3/b17-12-,24-19?. The number of nitrogens with zero attached hydrogens (tertiary/aromatic N) is 3. The number of carbonyl (C=O) groups is 1. The number of nitrogens with one attached hydrogen (secondary N) is 1. The Kier molecular flexibility index (Phi) is 5.57. The number of hydrogen-bond donors (Lipinski definition) is 1. The van der Waals surface area contributed by atoms with Crippen molar-refractivity contribution in [3.63, 3.8) is 0 Å². The molecule has 1 amide bonds. The summed E-state index contributed by atoms with van der Waals surface area (Å²) in [5, 5.41) is 16.0. The normalized spacial score (nSPS) is 17.0. The Morgan fingerprint density at radius 3 is 2.90 bits per heavy atom. The lowest BCUT2D eigenvalue weighted by molar-refractivity contribution is -0.114. The summed E-state index contributed by atoms with van der Waals surface area (Å²) in [5.41, 5.74) is 2.70. The molecule has 2 aromatic carbocycles. The fourth-order valence-electron chi connectivity index (χ4n) is 2.95. The highest BCUT2D eigenvalue weighted by molar-refractivity contribution is 8.27. The zero-order valence-electron chi connectivity index (χ0n) is 16.1. The maximum atomic E-state index is 12.7. The van der Waals surface area contributed by atoms with Gasteiger partial charge >= 0.3 is 0 Å². The minimum absolute atomic E-state index is 0.0465. The molecular formula is C22H17ClN4O2S. The molecule has 0 aromatic heterocycles. The van der Waals surface area contributed by atoms with Gasteiger partial charge in [0.05, 0.1) is 5.57 Å². The molecular weight excluding hydrogens is 420 g/mol. The van der Waals surface area contributed by atoms with E-state index in [0.29, 0.717) is 33.2 Å². The third kappa shape index (κ3) is 3.94. The number of hydrogen-bond acceptors (Lipinski definition) is 5. The van der Waals surface area contributed by atoms with Crippen LogP contribution in [0.15, 0.2) is 70.8 Å². The Hall–Kier alpha value is -3.16. The number of benzene rings is 2. The molecule has 0 aliphatic carbocycles. The second-order valence-corrected chi connectivity index (χ2v) is 7.97. The number of thioether (sulfide) groups is 1. The van der Waals surface area contributed by atoms with Crippen molar-refractivity contribution in [2.24, 2.45) is 10.1 Å². The molecule has 0 fully saturated rings. The van der Waals surface area contributed by atoms with Crippen molar-refractivity contribution in [1.29, 1.82) is 5.41 Å². The van der Waals surface area contributed by atoms with Gasteiger partial charge in [-0.2, -0.15) is 15.1 Å². The van der Waals surface area contributed by atoms with Crippen molar-refractivity contribution >= 4 is 51.4 Å². The van der Waals surface area contributed by atoms with Gasteiger partial charge in [-0.1, -0.05) is 48.0 Å². The van der Waals surface area contributed by atoms with Crippen LogP contribution in [0.2, 0.25) is 5.02 Å². The summed E-state index contributed by atoms with van der Waals surface area (Å²) >= 11 is 7.39. The van der Waals surface area contributed by atoms with Gasteiger partial charge in [0.1, 0.15) is 17.4 Å². The van der Waals surface area contributed by atoms with E-state index in [1.165, 1.54) is 16.8 Å². The summed E-state index contributed by atoms with van der Waals surface area (Å²) in [4.78, 5) is 16.8. The van der Waals surface area contributed by atoms with E-state index in [9.17, 15) is 4.79 Å². The molecule has 0 saturated heterocycles. The lowest BCUT2D eigenvalue weighted by atomic mass is 10.1. The van der Waals surface area contributed by atoms with E-state index in [-0.39, 0.29) is 11.4 Å². The van der Waals surface area contributed by atoms with Crippen LogP contribution >= 0.6 is 23.4 Å². The first kappa shape index (κ1) is 20.1. The highest BCUT2D eigenvalue weighted by atomic mass is 35.5. The SMILES string of the molecule is C=CCOc1ccc(Cl)cc1/C=C1/C(=N)N2N=C(c3cccc(C)c3)SC2=NC1=O. The molecule has 8 heteroatoms. The molecule has 0 spiro atoms. The van der Waals surface area contributed by atoms with Gasteiger partial charge in [0.2, 0.25) is 5.17 Å². The van der Waals surface area contributed by atoms with Crippen molar-refractivity contribution in [1.82, 2.24) is 5.01 Å². The van der Waals surface area contributed by atoms with Crippen LogP contribution in [0.25, 0.3) is 6.08 Å². The van der Waals surface area contributed by atoms with Gasteiger partial charge in [0.15, 0.2) is 5.84 Å². The Labute approximate surface area is 183 Å². The van der Waals surface area contributed by atoms with Crippen LogP contribution in [0.3, 0.4) is 0 Å². The number of amides is 1. The highest BCUT2D eigenvalue weighted by Gasteiger charge is 2.36. The van der Waals surface area contributed by atoms with Crippen LogP contribution in [0, 0.1) is 12.3 Å². The van der Waals surface area contributed by atoms with Crippen molar-refractivity contribution in [2.75, 3.05) is 6.61 Å². The molecule has 2 heterocycles. The third-order valence-corrected chi connectivity index (χ3v) is 5.54. The Balaban J connectivity index is 1.70. The predicted octanol–water partition coefficient (Wildman–Crippen LogP) is 4.88. The third-order valence-electron chi connectivity index (χ3n) is 4.35. The van der Waals surface area contributed by atoms with Gasteiger partial charge in [-0.3, -0.25) is 10.2 Å². The Bertz CT molecular complexity index is 1170. The number of halogens is 1. The Morgan fingerprint density at radius 1 is 1.30 bits per heavy atom. The number of carbonyl (C=O) groups excluding carboxylic acids is 1. The van der Waals surface area contributed by atoms with Gasteiger partial charge in [0.25, 0.3) is 5.91 Å². The summed E-state index contributed by atoms with van der Waals surface area (Å²) in [6, 6.07) is 13.0. The first-order valence-corrected chi connectivity index (χ1v) is 10.3. The number of rotatable bonds is 5. The van der Waals surface area contributed by atoms with Crippen LogP contribution in [0.5, 0.6) is 5.75 Å². The van der Waals surface area contributed by atoms with Crippen LogP contribution in [-0.2, 0) is 4.79 Å². The zero-order valence-corrected chi connectivity index (χ0v) is 17.6. The molecule has 0 unspecified atom stereocenters. The number of aliphatic imine (C=N–C) groups is 1. The first-order chi connectivity index (χ1) is 14.5. The van der Waals surface area contributed by atoms with Crippen molar-refractivity contribution in [3.8, 4) is 5.75 Å². The number of fused-ring (bicyclic) bond motifs is 1.